The molecule has 1 heterocycles. The molecule has 0 saturated heterocycles. The molecule has 1 aromatic rings. The maximum Gasteiger partial charge on any atom is 0.240 e. The Kier molecular flexibility index (Phi) is 5.09. The highest BCUT2D eigenvalue weighted by atomic mass is 32.1. The van der Waals surface area contributed by atoms with Crippen molar-refractivity contribution in [3.63, 3.8) is 0 Å². The summed E-state index contributed by atoms with van der Waals surface area (Å²) in [6.45, 7) is 0.664. The van der Waals surface area contributed by atoms with Gasteiger partial charge in [0.05, 0.1) is 6.61 Å². The lowest BCUT2D eigenvalue weighted by Gasteiger charge is -2.06. The number of carbonyl (C=O) groups excluding carboxylic acids is 1. The van der Waals surface area contributed by atoms with Gasteiger partial charge in [0.1, 0.15) is 13.2 Å². The smallest absolute Gasteiger partial charge is 0.240 e. The molecule has 0 radical (unpaired) electrons. The number of aliphatic hydroxyl groups is 1. The maximum absolute atomic E-state index is 11.4. The van der Waals surface area contributed by atoms with Gasteiger partial charge in [-0.3, -0.25) is 14.5 Å². The van der Waals surface area contributed by atoms with Crippen LogP contribution in [0.15, 0.2) is 0 Å². The lowest BCUT2D eigenvalue weighted by atomic mass is 10.5. The van der Waals surface area contributed by atoms with E-state index in [1.165, 1.54) is 4.57 Å². The number of rotatable bonds is 6. The van der Waals surface area contributed by atoms with E-state index in [1.807, 2.05) is 0 Å². The van der Waals surface area contributed by atoms with Gasteiger partial charge in [0.15, 0.2) is 10.6 Å². The van der Waals surface area contributed by atoms with Crippen LogP contribution >= 0.6 is 12.2 Å². The van der Waals surface area contributed by atoms with Crippen LogP contribution in [0.25, 0.3) is 0 Å². The van der Waals surface area contributed by atoms with E-state index < -0.39 is 0 Å². The number of H-pyrrole nitrogens is 1. The molecule has 8 heteroatoms. The number of aliphatic hydroxyl groups excluding tert-OH is 1. The lowest BCUT2D eigenvalue weighted by Crippen LogP contribution is -2.30. The molecule has 7 nitrogen and oxygen atoms in total. The van der Waals surface area contributed by atoms with Gasteiger partial charge in [-0.25, -0.2) is 0 Å². The molecule has 0 saturated carbocycles. The Morgan fingerprint density at radius 1 is 1.75 bits per heavy atom. The standard InChI is InChI=1S/C8H14N4O3S/c1-15-3-2-9-7(14)4-12-6(5-13)10-11-8(12)16/h13H,2-5H2,1H3,(H,9,14)(H,11,16). The fraction of sp³-hybridized carbons (Fsp3) is 0.625. The summed E-state index contributed by atoms with van der Waals surface area (Å²) in [5.74, 6) is 0.135. The zero-order valence-electron chi connectivity index (χ0n) is 8.89. The Morgan fingerprint density at radius 3 is 3.12 bits per heavy atom. The summed E-state index contributed by atoms with van der Waals surface area (Å²) in [4.78, 5) is 11.4. The number of carbonyl (C=O) groups is 1. The van der Waals surface area contributed by atoms with Gasteiger partial charge in [-0.05, 0) is 12.2 Å². The van der Waals surface area contributed by atoms with Crippen molar-refractivity contribution in [3.8, 4) is 0 Å². The minimum Gasteiger partial charge on any atom is -0.388 e. The molecule has 0 bridgehead atoms. The second-order valence-corrected chi connectivity index (χ2v) is 3.42. The second kappa shape index (κ2) is 6.36. The molecular weight excluding hydrogens is 232 g/mol. The zero-order valence-corrected chi connectivity index (χ0v) is 9.71. The summed E-state index contributed by atoms with van der Waals surface area (Å²) in [5.41, 5.74) is 0. The summed E-state index contributed by atoms with van der Waals surface area (Å²) >= 11 is 4.92. The highest BCUT2D eigenvalue weighted by Crippen LogP contribution is 1.97. The van der Waals surface area contributed by atoms with Crippen molar-refractivity contribution in [2.24, 2.45) is 0 Å². The third kappa shape index (κ3) is 3.40. The molecule has 0 aliphatic heterocycles. The van der Waals surface area contributed by atoms with Crippen LogP contribution in [-0.2, 0) is 22.7 Å². The Labute approximate surface area is 97.4 Å². The maximum atomic E-state index is 11.4. The quantitative estimate of drug-likeness (QED) is 0.451. The van der Waals surface area contributed by atoms with Gasteiger partial charge in [0, 0.05) is 13.7 Å². The Morgan fingerprint density at radius 2 is 2.50 bits per heavy atom. The fourth-order valence-corrected chi connectivity index (χ4v) is 1.34. The van der Waals surface area contributed by atoms with E-state index >= 15 is 0 Å². The average Bonchev–Trinajstić information content (AvgIpc) is 2.61. The van der Waals surface area contributed by atoms with Crippen molar-refractivity contribution in [2.75, 3.05) is 20.3 Å². The molecule has 0 aliphatic rings. The molecule has 3 N–H and O–H groups in total. The van der Waals surface area contributed by atoms with E-state index in [0.29, 0.717) is 23.7 Å². The fourth-order valence-electron chi connectivity index (χ4n) is 1.13. The number of ether oxygens (including phenoxy) is 1. The number of nitrogens with one attached hydrogen (secondary N) is 2. The molecule has 0 atom stereocenters. The first kappa shape index (κ1) is 12.8. The summed E-state index contributed by atoms with van der Waals surface area (Å²) in [6, 6.07) is 0. The van der Waals surface area contributed by atoms with Crippen LogP contribution in [0.4, 0.5) is 0 Å². The van der Waals surface area contributed by atoms with Gasteiger partial charge in [0.2, 0.25) is 5.91 Å². The van der Waals surface area contributed by atoms with Gasteiger partial charge in [-0.1, -0.05) is 0 Å². The van der Waals surface area contributed by atoms with E-state index in [1.54, 1.807) is 7.11 Å². The molecule has 1 rings (SSSR count). The van der Waals surface area contributed by atoms with Gasteiger partial charge < -0.3 is 15.2 Å². The Bertz CT molecular complexity index is 400. The third-order valence-corrected chi connectivity index (χ3v) is 2.22. The molecular formula is C8H14N4O3S. The van der Waals surface area contributed by atoms with Crippen molar-refractivity contribution >= 4 is 18.1 Å². The largest absolute Gasteiger partial charge is 0.388 e. The number of hydrogen-bond acceptors (Lipinski definition) is 5. The molecule has 0 aliphatic carbocycles. The monoisotopic (exact) mass is 246 g/mol. The van der Waals surface area contributed by atoms with Crippen molar-refractivity contribution in [1.29, 1.82) is 0 Å². The van der Waals surface area contributed by atoms with Crippen molar-refractivity contribution < 1.29 is 14.6 Å². The summed E-state index contributed by atoms with van der Waals surface area (Å²) in [7, 11) is 1.56. The van der Waals surface area contributed by atoms with Crippen LogP contribution in [0.1, 0.15) is 5.82 Å². The Balaban J connectivity index is 2.55. The SMILES string of the molecule is COCCNC(=O)Cn1c(CO)n[nH]c1=S. The number of nitrogens with zero attached hydrogens (tertiary/aromatic N) is 2. The van der Waals surface area contributed by atoms with Gasteiger partial charge in [-0.15, -0.1) is 0 Å². The first-order valence-corrected chi connectivity index (χ1v) is 5.10. The van der Waals surface area contributed by atoms with E-state index in [2.05, 4.69) is 15.5 Å². The number of methoxy groups -OCH3 is 1. The highest BCUT2D eigenvalue weighted by molar-refractivity contribution is 7.71. The van der Waals surface area contributed by atoms with Gasteiger partial charge in [0.25, 0.3) is 0 Å². The number of amides is 1. The predicted octanol–water partition coefficient (Wildman–Crippen LogP) is -0.804. The number of aromatic amines is 1. The molecule has 0 aromatic carbocycles. The second-order valence-electron chi connectivity index (χ2n) is 3.03. The third-order valence-electron chi connectivity index (χ3n) is 1.91. The molecule has 1 amide bonds. The van der Waals surface area contributed by atoms with Crippen molar-refractivity contribution in [3.05, 3.63) is 10.6 Å². The topological polar surface area (TPSA) is 92.2 Å². The van der Waals surface area contributed by atoms with Crippen LogP contribution in [0.2, 0.25) is 0 Å². The summed E-state index contributed by atoms with van der Waals surface area (Å²) < 4.78 is 6.55. The molecule has 90 valence electrons. The van der Waals surface area contributed by atoms with Gasteiger partial charge >= 0.3 is 0 Å². The van der Waals surface area contributed by atoms with Crippen molar-refractivity contribution in [1.82, 2.24) is 20.1 Å². The van der Waals surface area contributed by atoms with E-state index in [-0.39, 0.29) is 19.1 Å². The van der Waals surface area contributed by atoms with Crippen LogP contribution < -0.4 is 5.32 Å². The minimum absolute atomic E-state index is 0.0366. The van der Waals surface area contributed by atoms with E-state index in [4.69, 9.17) is 22.1 Å². The molecule has 0 spiro atoms. The average molecular weight is 246 g/mol. The van der Waals surface area contributed by atoms with E-state index in [9.17, 15) is 4.79 Å². The van der Waals surface area contributed by atoms with Crippen LogP contribution in [-0.4, -0.2) is 46.0 Å². The molecule has 0 fully saturated rings. The molecule has 1 aromatic heterocycles. The van der Waals surface area contributed by atoms with Gasteiger partial charge in [-0.2, -0.15) is 5.10 Å². The lowest BCUT2D eigenvalue weighted by molar-refractivity contribution is -0.121. The first-order chi connectivity index (χ1) is 7.69. The molecule has 0 unspecified atom stereocenters. The van der Waals surface area contributed by atoms with Crippen LogP contribution in [0, 0.1) is 4.77 Å². The minimum atomic E-state index is -0.265. The van der Waals surface area contributed by atoms with Crippen LogP contribution in [0.5, 0.6) is 0 Å². The van der Waals surface area contributed by atoms with Crippen molar-refractivity contribution in [2.45, 2.75) is 13.2 Å². The predicted molar refractivity (Wildman–Crippen MR) is 58.2 cm³/mol. The number of hydrogen-bond donors (Lipinski definition) is 3. The number of aromatic nitrogens is 3. The normalized spacial score (nSPS) is 10.4. The van der Waals surface area contributed by atoms with E-state index in [0.717, 1.165) is 0 Å². The van der Waals surface area contributed by atoms with Crippen LogP contribution in [0.3, 0.4) is 0 Å². The zero-order chi connectivity index (χ0) is 12.0. The summed E-state index contributed by atoms with van der Waals surface area (Å²) in [6.07, 6.45) is 0. The Hall–Kier alpha value is -1.25. The first-order valence-electron chi connectivity index (χ1n) is 4.69. The molecule has 16 heavy (non-hydrogen) atoms. The highest BCUT2D eigenvalue weighted by Gasteiger charge is 2.08. The summed E-state index contributed by atoms with van der Waals surface area (Å²) in [5, 5.41) is 17.9.